The molecule has 4 aliphatic rings. The Hall–Kier alpha value is -10.2. The number of imide groups is 4. The van der Waals surface area contributed by atoms with Crippen LogP contribution in [0.4, 0.5) is 11.4 Å². The smallest absolute Gasteiger partial charge is 0.265 e. The molecule has 2 atom stereocenters. The van der Waals surface area contributed by atoms with E-state index in [4.69, 9.17) is 4.74 Å². The number of amides is 8. The highest BCUT2D eigenvalue weighted by Crippen LogP contribution is 2.49. The molecule has 79 heavy (non-hydrogen) atoms. The Morgan fingerprint density at radius 1 is 0.278 bits per heavy atom. The van der Waals surface area contributed by atoms with Crippen molar-refractivity contribution in [3.63, 3.8) is 0 Å². The van der Waals surface area contributed by atoms with E-state index in [2.05, 4.69) is 0 Å². The molecule has 12 aromatic carbocycles. The van der Waals surface area contributed by atoms with Crippen molar-refractivity contribution in [1.82, 2.24) is 9.80 Å². The van der Waals surface area contributed by atoms with E-state index in [9.17, 15) is 38.4 Å². The number of hydrogen-bond acceptors (Lipinski definition) is 9. The van der Waals surface area contributed by atoms with Gasteiger partial charge in [-0.3, -0.25) is 48.2 Å². The van der Waals surface area contributed by atoms with Crippen LogP contribution in [0.5, 0.6) is 0 Å². The second-order valence-corrected chi connectivity index (χ2v) is 21.0. The van der Waals surface area contributed by atoms with Crippen LogP contribution in [0.2, 0.25) is 0 Å². The highest BCUT2D eigenvalue weighted by molar-refractivity contribution is 6.46. The number of rotatable bonds is 8. The Labute approximate surface area is 447 Å². The lowest BCUT2D eigenvalue weighted by Crippen LogP contribution is -2.49. The first-order valence-corrected chi connectivity index (χ1v) is 26.0. The molecule has 0 N–H and O–H groups in total. The largest absolute Gasteiger partial charge is 0.377 e. The van der Waals surface area contributed by atoms with Gasteiger partial charge in [0.1, 0.15) is 0 Å². The van der Waals surface area contributed by atoms with E-state index in [-0.39, 0.29) is 13.2 Å². The zero-order valence-corrected chi connectivity index (χ0v) is 42.0. The summed E-state index contributed by atoms with van der Waals surface area (Å²) in [4.78, 5) is 119. The van der Waals surface area contributed by atoms with E-state index in [1.54, 1.807) is 111 Å². The highest BCUT2D eigenvalue weighted by Gasteiger charge is 2.42. The number of carbonyl (C=O) groups is 8. The van der Waals surface area contributed by atoms with Crippen LogP contribution in [0.15, 0.2) is 158 Å². The maximum Gasteiger partial charge on any atom is 0.265 e. The highest BCUT2D eigenvalue weighted by atomic mass is 16.5. The maximum atomic E-state index is 14.6. The molecule has 13 heteroatoms. The molecule has 0 aromatic heterocycles. The minimum absolute atomic E-state index is 0.0827. The van der Waals surface area contributed by atoms with Gasteiger partial charge >= 0.3 is 0 Å². The minimum atomic E-state index is -0.748. The number of anilines is 2. The minimum Gasteiger partial charge on any atom is -0.377 e. The van der Waals surface area contributed by atoms with Crippen LogP contribution in [0.25, 0.3) is 86.2 Å². The summed E-state index contributed by atoms with van der Waals surface area (Å²) in [7, 11) is 0. The fourth-order valence-corrected chi connectivity index (χ4v) is 13.6. The molecule has 12 aromatic rings. The van der Waals surface area contributed by atoms with Crippen molar-refractivity contribution in [3.8, 4) is 0 Å². The van der Waals surface area contributed by atoms with Crippen LogP contribution < -0.4 is 9.80 Å². The van der Waals surface area contributed by atoms with Gasteiger partial charge in [0.15, 0.2) is 0 Å². The van der Waals surface area contributed by atoms with Gasteiger partial charge in [-0.1, -0.05) is 84.9 Å². The lowest BCUT2D eigenvalue weighted by Gasteiger charge is -2.34. The van der Waals surface area contributed by atoms with Crippen LogP contribution >= 0.6 is 0 Å². The van der Waals surface area contributed by atoms with Crippen LogP contribution in [-0.2, 0) is 4.74 Å². The van der Waals surface area contributed by atoms with Crippen LogP contribution in [0.3, 0.4) is 0 Å². The molecule has 8 amide bonds. The summed E-state index contributed by atoms with van der Waals surface area (Å²) in [6.07, 6.45) is 0. The first-order chi connectivity index (χ1) is 38.4. The van der Waals surface area contributed by atoms with Crippen molar-refractivity contribution in [2.45, 2.75) is 25.9 Å². The van der Waals surface area contributed by atoms with E-state index >= 15 is 0 Å². The summed E-state index contributed by atoms with van der Waals surface area (Å²) in [5.41, 5.74) is 3.99. The molecule has 0 saturated carbocycles. The molecule has 13 nitrogen and oxygen atoms in total. The summed E-state index contributed by atoms with van der Waals surface area (Å²) >= 11 is 0. The monoisotopic (exact) mass is 1030 g/mol. The zero-order chi connectivity index (χ0) is 53.6. The van der Waals surface area contributed by atoms with Crippen LogP contribution in [0, 0.1) is 0 Å². The summed E-state index contributed by atoms with van der Waals surface area (Å²) in [6.45, 7) is 3.28. The lowest BCUT2D eigenvalue weighted by atomic mass is 9.82. The average Bonchev–Trinajstić information content (AvgIpc) is 3.63. The van der Waals surface area contributed by atoms with E-state index in [0.717, 1.165) is 64.6 Å². The maximum absolute atomic E-state index is 14.6. The van der Waals surface area contributed by atoms with E-state index in [0.29, 0.717) is 77.4 Å². The molecule has 0 aliphatic carbocycles. The topological polar surface area (TPSA) is 159 Å². The van der Waals surface area contributed by atoms with E-state index in [1.165, 1.54) is 19.6 Å². The average molecular weight is 1030 g/mol. The van der Waals surface area contributed by atoms with Crippen molar-refractivity contribution in [3.05, 3.63) is 202 Å². The van der Waals surface area contributed by atoms with Crippen molar-refractivity contribution in [2.24, 2.45) is 0 Å². The third kappa shape index (κ3) is 5.65. The van der Waals surface area contributed by atoms with Gasteiger partial charge in [0.25, 0.3) is 47.3 Å². The van der Waals surface area contributed by atoms with Gasteiger partial charge in [0.05, 0.1) is 36.7 Å². The Kier molecular flexibility index (Phi) is 8.93. The predicted molar refractivity (Wildman–Crippen MR) is 301 cm³/mol. The third-order valence-corrected chi connectivity index (χ3v) is 17.0. The molecular weight excluding hydrogens is 993 g/mol. The third-order valence-electron chi connectivity index (χ3n) is 17.0. The first kappa shape index (κ1) is 45.0. The normalized spacial score (nSPS) is 16.1. The Balaban J connectivity index is 0.678. The second-order valence-electron chi connectivity index (χ2n) is 21.0. The first-order valence-electron chi connectivity index (χ1n) is 26.0. The molecule has 16 rings (SSSR count). The Morgan fingerprint density at radius 3 is 0.722 bits per heavy atom. The Morgan fingerprint density at radius 2 is 0.494 bits per heavy atom. The standard InChI is InChI=1S/C66H38N4O9/c1-31(67-59(71)43-21-13-35-39-17-25-47-57-48(64(76)69(63(47)75)33-9-5-3-6-10-33)26-18-40(53(39)57)36-14-22-44(60(67)72)55(43)51(35)36)29-79-30-32(2)68-61(73)45-23-15-37-41-19-27-49-58-50(66(78)70(65(49)77)34-11-7-4-8-12-34)28-20-42(54(41)58)38-16-24-46(62(68)74)56(45)52(37)38/h3-28,31-32H,29-30H2,1-2H3. The van der Waals surface area contributed by atoms with Crippen LogP contribution in [-0.4, -0.2) is 82.4 Å². The van der Waals surface area contributed by atoms with Crippen molar-refractivity contribution in [1.29, 1.82) is 0 Å². The molecule has 2 unspecified atom stereocenters. The van der Waals surface area contributed by atoms with Gasteiger partial charge in [-0.05, 0) is 151 Å². The van der Waals surface area contributed by atoms with Gasteiger partial charge in [-0.25, -0.2) is 9.80 Å². The second kappa shape index (κ2) is 15.7. The molecule has 0 fully saturated rings. The quantitative estimate of drug-likeness (QED) is 0.0820. The fraction of sp³-hybridized carbons (Fsp3) is 0.0909. The predicted octanol–water partition coefficient (Wildman–Crippen LogP) is 12.1. The van der Waals surface area contributed by atoms with Gasteiger partial charge < -0.3 is 4.74 Å². The number of carbonyl (C=O) groups excluding carboxylic acids is 8. The molecule has 4 heterocycles. The summed E-state index contributed by atoms with van der Waals surface area (Å²) < 4.78 is 6.22. The number of hydrogen-bond donors (Lipinski definition) is 0. The number of para-hydroxylation sites is 2. The van der Waals surface area contributed by atoms with E-state index in [1.807, 2.05) is 60.7 Å². The Bertz CT molecular complexity index is 4390. The molecule has 0 bridgehead atoms. The number of benzene rings is 12. The van der Waals surface area contributed by atoms with Gasteiger partial charge in [0, 0.05) is 66.1 Å². The molecule has 0 spiro atoms. The summed E-state index contributed by atoms with van der Waals surface area (Å²) in [5.74, 6) is -3.62. The van der Waals surface area contributed by atoms with Gasteiger partial charge in [-0.2, -0.15) is 0 Å². The molecular formula is C66H38N4O9. The van der Waals surface area contributed by atoms with Crippen molar-refractivity contribution in [2.75, 3.05) is 23.0 Å². The summed E-state index contributed by atoms with van der Waals surface area (Å²) in [5, 5.41) is 11.5. The SMILES string of the molecule is CC(COCC(C)N1C(=O)c2ccc3c4ccc5c6c(ccc(c7ccc(c2c37)C1=O)c64)C(=O)N(c1ccccc1)C5=O)N1C(=O)c2ccc3c4ccc5c6c(ccc(c7ccc(c2c37)C1=O)c64)C(=O)N(c1ccccc1)C5=O. The number of fused-ring (bicyclic) bond motifs is 4. The molecule has 4 aliphatic heterocycles. The van der Waals surface area contributed by atoms with Gasteiger partial charge in [-0.15, -0.1) is 0 Å². The number of nitrogens with zero attached hydrogens (tertiary/aromatic N) is 4. The number of ether oxygens (including phenoxy) is 1. The molecule has 0 radical (unpaired) electrons. The van der Waals surface area contributed by atoms with Crippen molar-refractivity contribution >= 4 is 145 Å². The fourth-order valence-electron chi connectivity index (χ4n) is 13.6. The van der Waals surface area contributed by atoms with E-state index < -0.39 is 59.3 Å². The van der Waals surface area contributed by atoms with Crippen LogP contribution in [0.1, 0.15) is 96.7 Å². The van der Waals surface area contributed by atoms with Gasteiger partial charge in [0.2, 0.25) is 0 Å². The molecule has 376 valence electrons. The summed E-state index contributed by atoms with van der Waals surface area (Å²) in [6, 6.07) is 45.1. The molecule has 0 saturated heterocycles. The lowest BCUT2D eigenvalue weighted by molar-refractivity contribution is 0.0236. The zero-order valence-electron chi connectivity index (χ0n) is 42.0. The van der Waals surface area contributed by atoms with Crippen molar-refractivity contribution < 1.29 is 43.1 Å².